The van der Waals surface area contributed by atoms with Crippen molar-refractivity contribution in [3.05, 3.63) is 50.6 Å². The van der Waals surface area contributed by atoms with Gasteiger partial charge in [0.2, 0.25) is 5.89 Å². The minimum absolute atomic E-state index is 0.0962. The summed E-state index contributed by atoms with van der Waals surface area (Å²) in [5, 5.41) is 17.1. The van der Waals surface area contributed by atoms with E-state index in [0.717, 1.165) is 0 Å². The average molecular weight is 325 g/mol. The molecule has 116 valence electrons. The summed E-state index contributed by atoms with van der Waals surface area (Å²) >= 11 is 5.80. The molecule has 1 heterocycles. The van der Waals surface area contributed by atoms with E-state index in [0.29, 0.717) is 18.1 Å². The van der Waals surface area contributed by atoms with Gasteiger partial charge in [0.05, 0.1) is 11.0 Å². The van der Waals surface area contributed by atoms with E-state index in [2.05, 4.69) is 15.5 Å². The van der Waals surface area contributed by atoms with Crippen LogP contribution in [0.5, 0.6) is 0 Å². The number of nitrogens with one attached hydrogen (secondary N) is 1. The molecule has 1 aromatic carbocycles. The van der Waals surface area contributed by atoms with Crippen molar-refractivity contribution in [3.8, 4) is 0 Å². The van der Waals surface area contributed by atoms with Gasteiger partial charge in [-0.1, -0.05) is 23.7 Å². The molecule has 1 aromatic heterocycles. The second kappa shape index (κ2) is 6.52. The molecule has 2 aromatic rings. The number of rotatable bonds is 5. The van der Waals surface area contributed by atoms with E-state index in [1.54, 1.807) is 6.92 Å². The number of carbonyl (C=O) groups excluding carboxylic acids is 1. The fourth-order valence-corrected chi connectivity index (χ4v) is 2.09. The maximum absolute atomic E-state index is 12.2. The standard InChI is InChI=1S/C13H13ClN4O4/c1-3-10(12-15-7(2)22-17-12)16-13(19)8-4-5-11(18(20)21)9(14)6-8/h4-6,10H,3H2,1-2H3,(H,16,19)/t10-/m1/s1. The molecule has 1 atom stereocenters. The molecule has 22 heavy (non-hydrogen) atoms. The van der Waals surface area contributed by atoms with Gasteiger partial charge in [-0.25, -0.2) is 0 Å². The van der Waals surface area contributed by atoms with E-state index in [-0.39, 0.29) is 16.3 Å². The molecule has 8 nitrogen and oxygen atoms in total. The lowest BCUT2D eigenvalue weighted by Gasteiger charge is -2.13. The first-order valence-electron chi connectivity index (χ1n) is 6.47. The second-order valence-corrected chi connectivity index (χ2v) is 4.94. The van der Waals surface area contributed by atoms with Crippen LogP contribution in [0.1, 0.15) is 41.5 Å². The highest BCUT2D eigenvalue weighted by Crippen LogP contribution is 2.25. The summed E-state index contributed by atoms with van der Waals surface area (Å²) in [6, 6.07) is 3.37. The summed E-state index contributed by atoms with van der Waals surface area (Å²) in [7, 11) is 0. The quantitative estimate of drug-likeness (QED) is 0.668. The predicted molar refractivity (Wildman–Crippen MR) is 77.6 cm³/mol. The van der Waals surface area contributed by atoms with E-state index >= 15 is 0 Å². The average Bonchev–Trinajstić information content (AvgIpc) is 2.90. The summed E-state index contributed by atoms with van der Waals surface area (Å²) in [4.78, 5) is 26.4. The van der Waals surface area contributed by atoms with E-state index in [1.165, 1.54) is 18.2 Å². The lowest BCUT2D eigenvalue weighted by Crippen LogP contribution is -2.28. The fourth-order valence-electron chi connectivity index (χ4n) is 1.84. The predicted octanol–water partition coefficient (Wildman–Crippen LogP) is 2.82. The number of carbonyl (C=O) groups is 1. The summed E-state index contributed by atoms with van der Waals surface area (Å²) in [5.74, 6) is 0.355. The number of nitro groups is 1. The van der Waals surface area contributed by atoms with Crippen molar-refractivity contribution in [3.63, 3.8) is 0 Å². The minimum atomic E-state index is -0.610. The third kappa shape index (κ3) is 3.40. The monoisotopic (exact) mass is 324 g/mol. The summed E-state index contributed by atoms with van der Waals surface area (Å²) in [6.07, 6.45) is 0.561. The SMILES string of the molecule is CC[C@@H](NC(=O)c1ccc([N+](=O)[O-])c(Cl)c1)c1noc(C)n1. The Morgan fingerprint density at radius 1 is 1.55 bits per heavy atom. The molecule has 0 spiro atoms. The van der Waals surface area contributed by atoms with E-state index in [9.17, 15) is 14.9 Å². The van der Waals surface area contributed by atoms with Gasteiger partial charge in [-0.15, -0.1) is 0 Å². The highest BCUT2D eigenvalue weighted by Gasteiger charge is 2.20. The highest BCUT2D eigenvalue weighted by molar-refractivity contribution is 6.33. The number of aromatic nitrogens is 2. The van der Waals surface area contributed by atoms with Crippen molar-refractivity contribution in [2.24, 2.45) is 0 Å². The van der Waals surface area contributed by atoms with Gasteiger partial charge in [0.25, 0.3) is 11.6 Å². The number of halogens is 1. The Labute approximate surface area is 130 Å². The molecule has 0 unspecified atom stereocenters. The van der Waals surface area contributed by atoms with Gasteiger partial charge in [-0.05, 0) is 18.6 Å². The molecule has 0 aliphatic heterocycles. The van der Waals surface area contributed by atoms with Crippen molar-refractivity contribution in [2.75, 3.05) is 0 Å². The van der Waals surface area contributed by atoms with Gasteiger partial charge in [-0.2, -0.15) is 4.98 Å². The maximum atomic E-state index is 12.2. The van der Waals surface area contributed by atoms with E-state index in [4.69, 9.17) is 16.1 Å². The molecule has 0 fully saturated rings. The molecule has 1 N–H and O–H groups in total. The number of amides is 1. The number of hydrogen-bond acceptors (Lipinski definition) is 6. The van der Waals surface area contributed by atoms with Crippen molar-refractivity contribution in [2.45, 2.75) is 26.3 Å². The largest absolute Gasteiger partial charge is 0.342 e. The topological polar surface area (TPSA) is 111 Å². The zero-order chi connectivity index (χ0) is 16.3. The fraction of sp³-hybridized carbons (Fsp3) is 0.308. The molecule has 0 bridgehead atoms. The molecule has 0 saturated heterocycles. The van der Waals surface area contributed by atoms with Crippen LogP contribution in [-0.2, 0) is 0 Å². The van der Waals surface area contributed by atoms with Crippen molar-refractivity contribution < 1.29 is 14.2 Å². The molecule has 0 radical (unpaired) electrons. The van der Waals surface area contributed by atoms with Crippen molar-refractivity contribution in [1.29, 1.82) is 0 Å². The first-order valence-corrected chi connectivity index (χ1v) is 6.85. The van der Waals surface area contributed by atoms with Gasteiger partial charge in [0.1, 0.15) is 5.02 Å². The van der Waals surface area contributed by atoms with Gasteiger partial charge < -0.3 is 9.84 Å². The Balaban J connectivity index is 2.17. The Kier molecular flexibility index (Phi) is 4.71. The molecule has 1 amide bonds. The molecule has 0 aliphatic carbocycles. The van der Waals surface area contributed by atoms with Crippen LogP contribution < -0.4 is 5.32 Å². The second-order valence-electron chi connectivity index (χ2n) is 4.53. The molecule has 9 heteroatoms. The minimum Gasteiger partial charge on any atom is -0.342 e. The van der Waals surface area contributed by atoms with Gasteiger partial charge in [-0.3, -0.25) is 14.9 Å². The van der Waals surface area contributed by atoms with E-state index in [1.807, 2.05) is 6.92 Å². The Bertz CT molecular complexity index is 716. The Hall–Kier alpha value is -2.48. The zero-order valence-corrected chi connectivity index (χ0v) is 12.6. The molecular weight excluding hydrogens is 312 g/mol. The summed E-state index contributed by atoms with van der Waals surface area (Å²) in [5.41, 5.74) is -0.0340. The number of nitro benzene ring substituents is 1. The number of benzene rings is 1. The van der Waals surface area contributed by atoms with Gasteiger partial charge in [0, 0.05) is 18.6 Å². The highest BCUT2D eigenvalue weighted by atomic mass is 35.5. The number of hydrogen-bond donors (Lipinski definition) is 1. The van der Waals surface area contributed by atoms with E-state index < -0.39 is 16.9 Å². The molecule has 2 rings (SSSR count). The first-order chi connectivity index (χ1) is 10.4. The van der Waals surface area contributed by atoms with Gasteiger partial charge >= 0.3 is 0 Å². The van der Waals surface area contributed by atoms with Crippen LogP contribution in [0.3, 0.4) is 0 Å². The smallest absolute Gasteiger partial charge is 0.287 e. The lowest BCUT2D eigenvalue weighted by molar-refractivity contribution is -0.384. The van der Waals surface area contributed by atoms with Crippen LogP contribution in [0, 0.1) is 17.0 Å². The third-order valence-electron chi connectivity index (χ3n) is 2.98. The normalized spacial score (nSPS) is 12.0. The van der Waals surface area contributed by atoms with Crippen LogP contribution >= 0.6 is 11.6 Å². The molecule has 0 aliphatic rings. The van der Waals surface area contributed by atoms with Crippen molar-refractivity contribution in [1.82, 2.24) is 15.5 Å². The molecule has 0 saturated carbocycles. The third-order valence-corrected chi connectivity index (χ3v) is 3.28. The van der Waals surface area contributed by atoms with Crippen LogP contribution in [0.15, 0.2) is 22.7 Å². The van der Waals surface area contributed by atoms with Crippen molar-refractivity contribution >= 4 is 23.2 Å². The number of aryl methyl sites for hydroxylation is 1. The maximum Gasteiger partial charge on any atom is 0.287 e. The zero-order valence-electron chi connectivity index (χ0n) is 11.9. The van der Waals surface area contributed by atoms with Crippen LogP contribution in [0.2, 0.25) is 5.02 Å². The summed E-state index contributed by atoms with van der Waals surface area (Å²) in [6.45, 7) is 3.51. The van der Waals surface area contributed by atoms with Crippen LogP contribution in [0.4, 0.5) is 5.69 Å². The molecular formula is C13H13ClN4O4. The number of nitrogens with zero attached hydrogens (tertiary/aromatic N) is 3. The lowest BCUT2D eigenvalue weighted by atomic mass is 10.1. The Morgan fingerprint density at radius 2 is 2.27 bits per heavy atom. The Morgan fingerprint density at radius 3 is 2.77 bits per heavy atom. The summed E-state index contributed by atoms with van der Waals surface area (Å²) < 4.78 is 4.89. The van der Waals surface area contributed by atoms with Crippen LogP contribution in [0.25, 0.3) is 0 Å². The van der Waals surface area contributed by atoms with Gasteiger partial charge in [0.15, 0.2) is 5.82 Å². The first kappa shape index (κ1) is 15.9. The van der Waals surface area contributed by atoms with Crippen LogP contribution in [-0.4, -0.2) is 21.0 Å².